The van der Waals surface area contributed by atoms with Gasteiger partial charge in [-0.15, -0.1) is 11.3 Å². The quantitative estimate of drug-likeness (QED) is 0.539. The predicted molar refractivity (Wildman–Crippen MR) is 65.4 cm³/mol. The van der Waals surface area contributed by atoms with Crippen molar-refractivity contribution in [2.24, 2.45) is 5.73 Å². The molecule has 0 spiro atoms. The van der Waals surface area contributed by atoms with Crippen LogP contribution in [0.4, 0.5) is 5.00 Å². The van der Waals surface area contributed by atoms with E-state index in [4.69, 9.17) is 5.73 Å². The van der Waals surface area contributed by atoms with Gasteiger partial charge in [-0.1, -0.05) is 18.2 Å². The molecule has 0 bridgehead atoms. The molecule has 2 aromatic rings. The Morgan fingerprint density at radius 1 is 1.36 bits per heavy atom. The van der Waals surface area contributed by atoms with Crippen molar-refractivity contribution in [3.63, 3.8) is 0 Å². The van der Waals surface area contributed by atoms with Gasteiger partial charge in [0.2, 0.25) is 0 Å². The normalized spacial score (nSPS) is 10.0. The highest BCUT2D eigenvalue weighted by Crippen LogP contribution is 2.28. The lowest BCUT2D eigenvalue weighted by Gasteiger charge is -2.02. The van der Waals surface area contributed by atoms with Crippen LogP contribution in [0, 0.1) is 0 Å². The number of anilines is 1. The minimum atomic E-state index is 0.238. The van der Waals surface area contributed by atoms with E-state index in [9.17, 15) is 0 Å². The summed E-state index contributed by atoms with van der Waals surface area (Å²) in [6, 6.07) is 10.2. The third-order valence-electron chi connectivity index (χ3n) is 1.73. The molecule has 5 heteroatoms. The highest BCUT2D eigenvalue weighted by atomic mass is 32.1. The fourth-order valence-corrected chi connectivity index (χ4v) is 2.13. The molecule has 14 heavy (non-hydrogen) atoms. The van der Waals surface area contributed by atoms with Gasteiger partial charge in [0, 0.05) is 4.70 Å². The van der Waals surface area contributed by atoms with Crippen LogP contribution in [0.25, 0.3) is 10.1 Å². The van der Waals surface area contributed by atoms with Crippen LogP contribution in [0.15, 0.2) is 30.3 Å². The van der Waals surface area contributed by atoms with Crippen molar-refractivity contribution in [1.82, 2.24) is 5.43 Å². The van der Waals surface area contributed by atoms with E-state index in [0.717, 1.165) is 5.00 Å². The van der Waals surface area contributed by atoms with Crippen molar-refractivity contribution < 1.29 is 0 Å². The van der Waals surface area contributed by atoms with E-state index in [1.54, 1.807) is 11.3 Å². The van der Waals surface area contributed by atoms with Gasteiger partial charge in [0.1, 0.15) is 5.00 Å². The number of hydrazine groups is 1. The van der Waals surface area contributed by atoms with E-state index in [2.05, 4.69) is 35.2 Å². The van der Waals surface area contributed by atoms with Crippen molar-refractivity contribution in [2.75, 3.05) is 5.43 Å². The van der Waals surface area contributed by atoms with E-state index < -0.39 is 0 Å². The maximum Gasteiger partial charge on any atom is 0.182 e. The number of benzene rings is 1. The molecule has 0 saturated carbocycles. The molecular weight excluding hydrogens is 214 g/mol. The molecule has 0 unspecified atom stereocenters. The number of nitrogens with one attached hydrogen (secondary N) is 2. The number of nitrogens with two attached hydrogens (primary N) is 1. The molecule has 1 aromatic carbocycles. The number of thiocarbonyl (C=S) groups is 1. The van der Waals surface area contributed by atoms with Crippen LogP contribution in [-0.2, 0) is 0 Å². The zero-order chi connectivity index (χ0) is 9.97. The summed E-state index contributed by atoms with van der Waals surface area (Å²) in [6.45, 7) is 0. The second kappa shape index (κ2) is 3.81. The van der Waals surface area contributed by atoms with Crippen molar-refractivity contribution in [1.29, 1.82) is 0 Å². The van der Waals surface area contributed by atoms with Crippen LogP contribution in [0.1, 0.15) is 0 Å². The van der Waals surface area contributed by atoms with Crippen molar-refractivity contribution in [3.8, 4) is 0 Å². The zero-order valence-corrected chi connectivity index (χ0v) is 8.91. The van der Waals surface area contributed by atoms with Crippen LogP contribution in [0.5, 0.6) is 0 Å². The monoisotopic (exact) mass is 223 g/mol. The van der Waals surface area contributed by atoms with E-state index in [1.807, 2.05) is 18.2 Å². The molecule has 0 aliphatic rings. The second-order valence-electron chi connectivity index (χ2n) is 2.76. The Hall–Kier alpha value is -1.33. The fourth-order valence-electron chi connectivity index (χ4n) is 1.17. The Morgan fingerprint density at radius 2 is 2.14 bits per heavy atom. The first-order valence-corrected chi connectivity index (χ1v) is 5.28. The van der Waals surface area contributed by atoms with E-state index in [1.165, 1.54) is 10.1 Å². The molecule has 0 saturated heterocycles. The fraction of sp³-hybridized carbons (Fsp3) is 0. The number of hydrogen-bond acceptors (Lipinski definition) is 3. The van der Waals surface area contributed by atoms with Gasteiger partial charge in [-0.25, -0.2) is 0 Å². The number of hydrogen-bond donors (Lipinski definition) is 3. The summed E-state index contributed by atoms with van der Waals surface area (Å²) in [6.07, 6.45) is 0. The van der Waals surface area contributed by atoms with Gasteiger partial charge >= 0.3 is 0 Å². The van der Waals surface area contributed by atoms with Crippen LogP contribution in [-0.4, -0.2) is 5.11 Å². The summed E-state index contributed by atoms with van der Waals surface area (Å²) in [7, 11) is 0. The molecular formula is C9H9N3S2. The Balaban J connectivity index is 2.22. The summed E-state index contributed by atoms with van der Waals surface area (Å²) in [5.41, 5.74) is 10.9. The van der Waals surface area contributed by atoms with Crippen molar-refractivity contribution in [2.45, 2.75) is 0 Å². The minimum absolute atomic E-state index is 0.238. The first kappa shape index (κ1) is 9.23. The molecule has 1 aromatic heterocycles. The zero-order valence-electron chi connectivity index (χ0n) is 7.28. The molecule has 0 aliphatic carbocycles. The first-order chi connectivity index (χ1) is 6.75. The maximum atomic E-state index is 5.30. The van der Waals surface area contributed by atoms with Gasteiger partial charge in [0.05, 0.1) is 0 Å². The molecule has 0 fully saturated rings. The highest BCUT2D eigenvalue weighted by molar-refractivity contribution is 7.80. The average Bonchev–Trinajstić information content (AvgIpc) is 2.57. The molecule has 1 heterocycles. The summed E-state index contributed by atoms with van der Waals surface area (Å²) in [5, 5.41) is 2.45. The van der Waals surface area contributed by atoms with Gasteiger partial charge in [0.25, 0.3) is 0 Å². The summed E-state index contributed by atoms with van der Waals surface area (Å²) < 4.78 is 1.24. The van der Waals surface area contributed by atoms with Gasteiger partial charge in [-0.2, -0.15) is 0 Å². The second-order valence-corrected chi connectivity index (χ2v) is 4.29. The van der Waals surface area contributed by atoms with Gasteiger partial charge in [0.15, 0.2) is 5.11 Å². The van der Waals surface area contributed by atoms with E-state index >= 15 is 0 Å². The third-order valence-corrected chi connectivity index (χ3v) is 2.87. The molecule has 0 radical (unpaired) electrons. The Kier molecular flexibility index (Phi) is 2.51. The van der Waals surface area contributed by atoms with E-state index in [0.29, 0.717) is 0 Å². The topological polar surface area (TPSA) is 50.1 Å². The Bertz CT molecular complexity index is 431. The molecule has 72 valence electrons. The molecule has 0 amide bonds. The largest absolute Gasteiger partial charge is 0.375 e. The SMILES string of the molecule is NC(=S)NNc1cc2ccccc2s1. The van der Waals surface area contributed by atoms with Crippen molar-refractivity contribution >= 4 is 43.8 Å². The molecule has 4 N–H and O–H groups in total. The maximum absolute atomic E-state index is 5.30. The van der Waals surface area contributed by atoms with Gasteiger partial charge in [-0.3, -0.25) is 10.9 Å². The predicted octanol–water partition coefficient (Wildman–Crippen LogP) is 2.06. The number of rotatable bonds is 2. The standard InChI is InChI=1S/C9H9N3S2/c10-9(13)12-11-8-5-6-3-1-2-4-7(6)14-8/h1-5,11H,(H3,10,12,13). The lowest BCUT2D eigenvalue weighted by atomic mass is 10.3. The molecule has 0 aliphatic heterocycles. The number of fused-ring (bicyclic) bond motifs is 1. The third kappa shape index (κ3) is 1.94. The van der Waals surface area contributed by atoms with Crippen LogP contribution >= 0.6 is 23.6 Å². The number of thiophene rings is 1. The molecule has 3 nitrogen and oxygen atoms in total. The summed E-state index contributed by atoms with van der Waals surface area (Å²) in [4.78, 5) is 0. The lowest BCUT2D eigenvalue weighted by Crippen LogP contribution is -2.33. The van der Waals surface area contributed by atoms with Crippen LogP contribution in [0.3, 0.4) is 0 Å². The smallest absolute Gasteiger partial charge is 0.182 e. The molecule has 0 atom stereocenters. The average molecular weight is 223 g/mol. The Morgan fingerprint density at radius 3 is 2.86 bits per heavy atom. The summed E-state index contributed by atoms with van der Waals surface area (Å²) >= 11 is 6.33. The Labute approximate surface area is 90.9 Å². The first-order valence-electron chi connectivity index (χ1n) is 4.06. The minimum Gasteiger partial charge on any atom is -0.375 e. The van der Waals surface area contributed by atoms with Crippen molar-refractivity contribution in [3.05, 3.63) is 30.3 Å². The van der Waals surface area contributed by atoms with Gasteiger partial charge in [-0.05, 0) is 29.7 Å². The van der Waals surface area contributed by atoms with Gasteiger partial charge < -0.3 is 5.73 Å². The van der Waals surface area contributed by atoms with E-state index in [-0.39, 0.29) is 5.11 Å². The lowest BCUT2D eigenvalue weighted by molar-refractivity contribution is 1.14. The molecule has 2 rings (SSSR count). The van der Waals surface area contributed by atoms with Crippen LogP contribution < -0.4 is 16.6 Å². The summed E-state index contributed by atoms with van der Waals surface area (Å²) in [5.74, 6) is 0. The highest BCUT2D eigenvalue weighted by Gasteiger charge is 1.99. The van der Waals surface area contributed by atoms with Crippen LogP contribution in [0.2, 0.25) is 0 Å².